The lowest BCUT2D eigenvalue weighted by atomic mass is 10.1. The van der Waals surface area contributed by atoms with Crippen molar-refractivity contribution in [3.05, 3.63) is 82.6 Å². The minimum absolute atomic E-state index is 0.123. The van der Waals surface area contributed by atoms with E-state index >= 15 is 0 Å². The molecule has 1 aromatic heterocycles. The normalized spacial score (nSPS) is 17.2. The standard InChI is InChI=1S/C21H17ClF3N3O2/c22-15-7-4-8-16(11-15)28-19(21(23,24)25)17(12-26-28)20(29)27-9-10-30-18(13-27)14-5-2-1-3-6-14/h1-8,11-12,18H,9-10,13H2/t18-/m0/s1. The second-order valence-electron chi connectivity index (χ2n) is 6.82. The maximum absolute atomic E-state index is 13.9. The van der Waals surface area contributed by atoms with Crippen LogP contribution in [-0.2, 0) is 10.9 Å². The molecule has 2 aromatic carbocycles. The SMILES string of the molecule is O=C(c1cnn(-c2cccc(Cl)c2)c1C(F)(F)F)N1CCO[C@H](c2ccccc2)C1. The number of amides is 1. The van der Waals surface area contributed by atoms with Gasteiger partial charge in [0.25, 0.3) is 5.91 Å². The van der Waals surface area contributed by atoms with Gasteiger partial charge in [-0.05, 0) is 23.8 Å². The van der Waals surface area contributed by atoms with Gasteiger partial charge < -0.3 is 9.64 Å². The van der Waals surface area contributed by atoms with E-state index in [-0.39, 0.29) is 30.4 Å². The number of benzene rings is 2. The first kappa shape index (κ1) is 20.4. The van der Waals surface area contributed by atoms with Gasteiger partial charge in [-0.3, -0.25) is 4.79 Å². The third-order valence-corrected chi connectivity index (χ3v) is 5.08. The smallest absolute Gasteiger partial charge is 0.370 e. The van der Waals surface area contributed by atoms with E-state index in [9.17, 15) is 18.0 Å². The fourth-order valence-electron chi connectivity index (χ4n) is 3.45. The fraction of sp³-hybridized carbons (Fsp3) is 0.238. The highest BCUT2D eigenvalue weighted by Gasteiger charge is 2.42. The molecule has 0 unspecified atom stereocenters. The number of carbonyl (C=O) groups excluding carboxylic acids is 1. The molecule has 0 saturated carbocycles. The predicted octanol–water partition coefficient (Wildman–Crippen LogP) is 4.76. The van der Waals surface area contributed by atoms with Crippen LogP contribution in [0.2, 0.25) is 5.02 Å². The Bertz CT molecular complexity index is 1050. The number of rotatable bonds is 3. The molecule has 2 heterocycles. The van der Waals surface area contributed by atoms with E-state index in [1.54, 1.807) is 6.07 Å². The lowest BCUT2D eigenvalue weighted by Gasteiger charge is -2.33. The molecule has 1 saturated heterocycles. The second-order valence-corrected chi connectivity index (χ2v) is 7.25. The highest BCUT2D eigenvalue weighted by atomic mass is 35.5. The largest absolute Gasteiger partial charge is 0.434 e. The first-order chi connectivity index (χ1) is 14.3. The Kier molecular flexibility index (Phi) is 5.53. The molecule has 3 aromatic rings. The number of halogens is 4. The molecule has 156 valence electrons. The van der Waals surface area contributed by atoms with Crippen molar-refractivity contribution in [1.82, 2.24) is 14.7 Å². The Balaban J connectivity index is 1.67. The van der Waals surface area contributed by atoms with Gasteiger partial charge in [0, 0.05) is 11.6 Å². The summed E-state index contributed by atoms with van der Waals surface area (Å²) in [5.74, 6) is -0.736. The molecule has 9 heteroatoms. The number of hydrogen-bond acceptors (Lipinski definition) is 3. The van der Waals surface area contributed by atoms with Crippen LogP contribution in [-0.4, -0.2) is 40.3 Å². The van der Waals surface area contributed by atoms with Crippen molar-refractivity contribution in [3.8, 4) is 5.69 Å². The number of morpholine rings is 1. The van der Waals surface area contributed by atoms with Crippen molar-refractivity contribution in [1.29, 1.82) is 0 Å². The Labute approximate surface area is 175 Å². The summed E-state index contributed by atoms with van der Waals surface area (Å²) in [5, 5.41) is 4.11. The monoisotopic (exact) mass is 435 g/mol. The van der Waals surface area contributed by atoms with Gasteiger partial charge in [0.2, 0.25) is 0 Å². The molecular weight excluding hydrogens is 419 g/mol. The molecule has 1 atom stereocenters. The summed E-state index contributed by atoms with van der Waals surface area (Å²) in [4.78, 5) is 14.4. The molecule has 1 aliphatic rings. The van der Waals surface area contributed by atoms with E-state index in [2.05, 4.69) is 5.10 Å². The van der Waals surface area contributed by atoms with Gasteiger partial charge in [-0.2, -0.15) is 18.3 Å². The van der Waals surface area contributed by atoms with E-state index in [4.69, 9.17) is 16.3 Å². The number of alkyl halides is 3. The van der Waals surface area contributed by atoms with E-state index in [1.807, 2.05) is 30.3 Å². The summed E-state index contributed by atoms with van der Waals surface area (Å²) in [6.45, 7) is 0.583. The number of carbonyl (C=O) groups is 1. The fourth-order valence-corrected chi connectivity index (χ4v) is 3.64. The number of aromatic nitrogens is 2. The van der Waals surface area contributed by atoms with Crippen LogP contribution in [0.5, 0.6) is 0 Å². The number of nitrogens with zero attached hydrogens (tertiary/aromatic N) is 3. The summed E-state index contributed by atoms with van der Waals surface area (Å²) in [6.07, 6.45) is -4.23. The summed E-state index contributed by atoms with van der Waals surface area (Å²) in [5.41, 5.74) is -0.646. The van der Waals surface area contributed by atoms with Gasteiger partial charge in [-0.1, -0.05) is 48.0 Å². The molecule has 5 nitrogen and oxygen atoms in total. The van der Waals surface area contributed by atoms with Crippen LogP contribution in [0.1, 0.15) is 27.7 Å². The highest BCUT2D eigenvalue weighted by Crippen LogP contribution is 2.35. The topological polar surface area (TPSA) is 47.4 Å². The van der Waals surface area contributed by atoms with Crippen LogP contribution in [0.15, 0.2) is 60.8 Å². The lowest BCUT2D eigenvalue weighted by Crippen LogP contribution is -2.42. The molecule has 30 heavy (non-hydrogen) atoms. The number of ether oxygens (including phenoxy) is 1. The van der Waals surface area contributed by atoms with E-state index in [0.717, 1.165) is 11.8 Å². The minimum Gasteiger partial charge on any atom is -0.370 e. The summed E-state index contributed by atoms with van der Waals surface area (Å²) >= 11 is 5.92. The molecule has 4 rings (SSSR count). The van der Waals surface area contributed by atoms with Gasteiger partial charge in [-0.25, -0.2) is 4.68 Å². The van der Waals surface area contributed by atoms with Crippen LogP contribution in [0.3, 0.4) is 0 Å². The summed E-state index contributed by atoms with van der Waals surface area (Å²) < 4.78 is 48.1. The van der Waals surface area contributed by atoms with Crippen molar-refractivity contribution in [2.45, 2.75) is 12.3 Å². The van der Waals surface area contributed by atoms with Crippen LogP contribution >= 0.6 is 11.6 Å². The van der Waals surface area contributed by atoms with E-state index in [0.29, 0.717) is 4.68 Å². The molecular formula is C21H17ClF3N3O2. The zero-order chi connectivity index (χ0) is 21.3. The lowest BCUT2D eigenvalue weighted by molar-refractivity contribution is -0.143. The Morgan fingerprint density at radius 1 is 1.13 bits per heavy atom. The van der Waals surface area contributed by atoms with Gasteiger partial charge in [0.15, 0.2) is 5.69 Å². The van der Waals surface area contributed by atoms with Crippen LogP contribution in [0.4, 0.5) is 13.2 Å². The Morgan fingerprint density at radius 2 is 1.90 bits per heavy atom. The van der Waals surface area contributed by atoms with Crippen molar-refractivity contribution in [2.24, 2.45) is 0 Å². The zero-order valence-corrected chi connectivity index (χ0v) is 16.4. The van der Waals surface area contributed by atoms with Gasteiger partial charge in [0.1, 0.15) is 6.10 Å². The van der Waals surface area contributed by atoms with Crippen LogP contribution in [0, 0.1) is 0 Å². The Morgan fingerprint density at radius 3 is 2.60 bits per heavy atom. The summed E-state index contributed by atoms with van der Waals surface area (Å²) in [7, 11) is 0. The molecule has 0 aliphatic carbocycles. The predicted molar refractivity (Wildman–Crippen MR) is 105 cm³/mol. The quantitative estimate of drug-likeness (QED) is 0.596. The average Bonchev–Trinajstić information content (AvgIpc) is 3.20. The van der Waals surface area contributed by atoms with E-state index < -0.39 is 29.4 Å². The average molecular weight is 436 g/mol. The van der Waals surface area contributed by atoms with Gasteiger partial charge in [0.05, 0.1) is 30.6 Å². The molecule has 1 aliphatic heterocycles. The third kappa shape index (κ3) is 4.06. The maximum Gasteiger partial charge on any atom is 0.434 e. The highest BCUT2D eigenvalue weighted by molar-refractivity contribution is 6.30. The number of hydrogen-bond donors (Lipinski definition) is 0. The second kappa shape index (κ2) is 8.12. The maximum atomic E-state index is 13.9. The molecule has 1 fully saturated rings. The molecule has 0 spiro atoms. The summed E-state index contributed by atoms with van der Waals surface area (Å²) in [6, 6.07) is 15.1. The first-order valence-corrected chi connectivity index (χ1v) is 9.59. The first-order valence-electron chi connectivity index (χ1n) is 9.21. The third-order valence-electron chi connectivity index (χ3n) is 4.85. The van der Waals surface area contributed by atoms with E-state index in [1.165, 1.54) is 23.1 Å². The zero-order valence-electron chi connectivity index (χ0n) is 15.6. The van der Waals surface area contributed by atoms with Crippen molar-refractivity contribution in [2.75, 3.05) is 19.7 Å². The van der Waals surface area contributed by atoms with Gasteiger partial charge >= 0.3 is 6.18 Å². The molecule has 1 amide bonds. The van der Waals surface area contributed by atoms with Gasteiger partial charge in [-0.15, -0.1) is 0 Å². The van der Waals surface area contributed by atoms with Crippen LogP contribution < -0.4 is 0 Å². The molecule has 0 bridgehead atoms. The van der Waals surface area contributed by atoms with Crippen molar-refractivity contribution in [3.63, 3.8) is 0 Å². The van der Waals surface area contributed by atoms with Crippen molar-refractivity contribution < 1.29 is 22.7 Å². The molecule has 0 N–H and O–H groups in total. The Hall–Kier alpha value is -2.84. The minimum atomic E-state index is -4.78. The molecule has 0 radical (unpaired) electrons. The van der Waals surface area contributed by atoms with Crippen LogP contribution in [0.25, 0.3) is 5.69 Å². The van der Waals surface area contributed by atoms with Crippen molar-refractivity contribution >= 4 is 17.5 Å².